The van der Waals surface area contributed by atoms with Crippen molar-refractivity contribution in [3.63, 3.8) is 0 Å². The van der Waals surface area contributed by atoms with Gasteiger partial charge < -0.3 is 14.6 Å². The topological polar surface area (TPSA) is 122 Å². The standard InChI is InChI=1S/C21H29NO7S.Na.H/c1-4-16(5-2)29-18-12-15(21(24)28-6-3)11-17(20(18)23)22-13-14-9-7-8-10-19(14)30(25,26)27;;/h7-10,12-13,16-18,20,23H,4-6,11H2,1-3H3,(H,25,26,27);;/b22-13+;;. The predicted octanol–water partition coefficient (Wildman–Crippen LogP) is 1.90. The second kappa shape index (κ2) is 12.8. The molecule has 2 rings (SSSR count). The molecule has 1 aliphatic carbocycles. The molecule has 0 radical (unpaired) electrons. The van der Waals surface area contributed by atoms with E-state index in [-0.39, 0.29) is 59.1 Å². The van der Waals surface area contributed by atoms with Gasteiger partial charge in [-0.1, -0.05) is 32.0 Å². The summed E-state index contributed by atoms with van der Waals surface area (Å²) in [6, 6.07) is 5.09. The molecule has 0 amide bonds. The van der Waals surface area contributed by atoms with E-state index in [0.717, 1.165) is 12.8 Å². The first-order chi connectivity index (χ1) is 14.2. The maximum absolute atomic E-state index is 12.3. The van der Waals surface area contributed by atoms with Crippen LogP contribution in [0.1, 0.15) is 45.6 Å². The molecule has 0 aliphatic heterocycles. The molecule has 0 heterocycles. The summed E-state index contributed by atoms with van der Waals surface area (Å²) in [7, 11) is -4.43. The van der Waals surface area contributed by atoms with Gasteiger partial charge in [0.15, 0.2) is 0 Å². The number of hydrogen-bond acceptors (Lipinski definition) is 7. The molecule has 0 aromatic heterocycles. The maximum atomic E-state index is 12.3. The molecule has 0 fully saturated rings. The number of ether oxygens (including phenoxy) is 2. The van der Waals surface area contributed by atoms with Gasteiger partial charge in [0.1, 0.15) is 17.1 Å². The molecular formula is C21H30NNaO7S. The first-order valence-corrected chi connectivity index (χ1v) is 11.5. The fourth-order valence-corrected chi connectivity index (χ4v) is 3.94. The first kappa shape index (κ1) is 28.0. The number of carbonyl (C=O) groups is 1. The van der Waals surface area contributed by atoms with Crippen molar-refractivity contribution in [3.05, 3.63) is 41.5 Å². The Morgan fingerprint density at radius 1 is 1.26 bits per heavy atom. The van der Waals surface area contributed by atoms with Gasteiger partial charge in [-0.15, -0.1) is 0 Å². The Labute approximate surface area is 205 Å². The van der Waals surface area contributed by atoms with Crippen molar-refractivity contribution < 1.29 is 32.3 Å². The van der Waals surface area contributed by atoms with E-state index >= 15 is 0 Å². The van der Waals surface area contributed by atoms with Gasteiger partial charge in [0.25, 0.3) is 10.1 Å². The van der Waals surface area contributed by atoms with E-state index < -0.39 is 34.3 Å². The van der Waals surface area contributed by atoms with Crippen molar-refractivity contribution in [2.24, 2.45) is 4.99 Å². The number of aliphatic imine (C=N–C) groups is 1. The van der Waals surface area contributed by atoms with Crippen molar-refractivity contribution in [2.45, 2.75) is 69.3 Å². The fourth-order valence-electron chi connectivity index (χ4n) is 3.27. The van der Waals surface area contributed by atoms with Gasteiger partial charge in [-0.2, -0.15) is 8.42 Å². The number of esters is 1. The van der Waals surface area contributed by atoms with E-state index in [4.69, 9.17) is 9.47 Å². The molecule has 168 valence electrons. The average molecular weight is 464 g/mol. The number of nitrogens with zero attached hydrogens (tertiary/aromatic N) is 1. The number of benzene rings is 1. The molecule has 8 nitrogen and oxygen atoms in total. The van der Waals surface area contributed by atoms with E-state index in [1.165, 1.54) is 24.4 Å². The van der Waals surface area contributed by atoms with Crippen molar-refractivity contribution >= 4 is 51.9 Å². The molecule has 1 aromatic rings. The zero-order valence-electron chi connectivity index (χ0n) is 17.4. The second-order valence-electron chi connectivity index (χ2n) is 7.00. The van der Waals surface area contributed by atoms with Crippen LogP contribution in [0.3, 0.4) is 0 Å². The normalized spacial score (nSPS) is 21.6. The molecule has 10 heteroatoms. The minimum atomic E-state index is -4.43. The van der Waals surface area contributed by atoms with E-state index in [0.29, 0.717) is 5.57 Å². The molecule has 0 saturated carbocycles. The summed E-state index contributed by atoms with van der Waals surface area (Å²) in [6.07, 6.45) is 2.61. The van der Waals surface area contributed by atoms with Crippen LogP contribution in [0.2, 0.25) is 0 Å². The Kier molecular flexibility index (Phi) is 11.6. The molecule has 0 saturated heterocycles. The van der Waals surface area contributed by atoms with Crippen molar-refractivity contribution in [1.82, 2.24) is 0 Å². The van der Waals surface area contributed by atoms with Crippen molar-refractivity contribution in [1.29, 1.82) is 0 Å². The summed E-state index contributed by atoms with van der Waals surface area (Å²) in [6.45, 7) is 5.87. The Morgan fingerprint density at radius 2 is 1.90 bits per heavy atom. The minimum absolute atomic E-state index is 0. The van der Waals surface area contributed by atoms with Crippen LogP contribution in [0.25, 0.3) is 0 Å². The zero-order chi connectivity index (χ0) is 22.3. The van der Waals surface area contributed by atoms with Crippen LogP contribution < -0.4 is 0 Å². The van der Waals surface area contributed by atoms with Crippen molar-refractivity contribution in [3.8, 4) is 0 Å². The van der Waals surface area contributed by atoms with Crippen LogP contribution in [0.4, 0.5) is 0 Å². The van der Waals surface area contributed by atoms with Gasteiger partial charge in [0.2, 0.25) is 0 Å². The quantitative estimate of drug-likeness (QED) is 0.248. The Hall–Kier alpha value is -1.07. The Morgan fingerprint density at radius 3 is 2.48 bits per heavy atom. The van der Waals surface area contributed by atoms with Gasteiger partial charge in [0, 0.05) is 23.8 Å². The molecule has 0 bridgehead atoms. The van der Waals surface area contributed by atoms with Crippen LogP contribution in [-0.2, 0) is 24.4 Å². The van der Waals surface area contributed by atoms with Gasteiger partial charge in [-0.25, -0.2) is 4.79 Å². The predicted molar refractivity (Wildman–Crippen MR) is 119 cm³/mol. The third-order valence-corrected chi connectivity index (χ3v) is 5.85. The third-order valence-electron chi connectivity index (χ3n) is 4.93. The summed E-state index contributed by atoms with van der Waals surface area (Å²) in [5.41, 5.74) is 0.528. The summed E-state index contributed by atoms with van der Waals surface area (Å²) in [4.78, 5) is 16.3. The zero-order valence-corrected chi connectivity index (χ0v) is 18.2. The molecule has 3 atom stereocenters. The molecule has 1 aliphatic rings. The van der Waals surface area contributed by atoms with Crippen LogP contribution in [-0.4, -0.2) is 90.8 Å². The van der Waals surface area contributed by atoms with E-state index in [1.807, 2.05) is 13.8 Å². The van der Waals surface area contributed by atoms with E-state index in [1.54, 1.807) is 19.1 Å². The van der Waals surface area contributed by atoms with Gasteiger partial charge >= 0.3 is 35.5 Å². The second-order valence-corrected chi connectivity index (χ2v) is 8.39. The van der Waals surface area contributed by atoms with E-state index in [9.17, 15) is 22.9 Å². The van der Waals surface area contributed by atoms with E-state index in [2.05, 4.69) is 4.99 Å². The molecule has 1 aromatic carbocycles. The fraction of sp³-hybridized carbons (Fsp3) is 0.524. The SMILES string of the molecule is CCOC(=O)C1=CC(OC(CC)CC)C(O)C(/N=C/c2ccccc2S(=O)(=O)O)C1.[NaH]. The molecular weight excluding hydrogens is 433 g/mol. The average Bonchev–Trinajstić information content (AvgIpc) is 2.71. The van der Waals surface area contributed by atoms with Crippen LogP contribution >= 0.6 is 0 Å². The monoisotopic (exact) mass is 463 g/mol. The van der Waals surface area contributed by atoms with Gasteiger partial charge in [0.05, 0.1) is 18.8 Å². The summed E-state index contributed by atoms with van der Waals surface area (Å²) >= 11 is 0. The van der Waals surface area contributed by atoms with Gasteiger partial charge in [-0.3, -0.25) is 9.55 Å². The van der Waals surface area contributed by atoms with Crippen LogP contribution in [0.5, 0.6) is 0 Å². The Balaban J connectivity index is 0.00000480. The Bertz CT molecular complexity index is 897. The summed E-state index contributed by atoms with van der Waals surface area (Å²) < 4.78 is 43.6. The molecule has 31 heavy (non-hydrogen) atoms. The molecule has 2 N–H and O–H groups in total. The number of carbonyl (C=O) groups excluding carboxylic acids is 1. The molecule has 3 unspecified atom stereocenters. The number of aliphatic hydroxyl groups is 1. The molecule has 0 spiro atoms. The summed E-state index contributed by atoms with van der Waals surface area (Å²) in [5, 5.41) is 10.8. The number of hydrogen-bond donors (Lipinski definition) is 2. The third kappa shape index (κ3) is 7.78. The van der Waals surface area contributed by atoms with Crippen molar-refractivity contribution in [2.75, 3.05) is 6.61 Å². The number of rotatable bonds is 9. The van der Waals surface area contributed by atoms with Crippen LogP contribution in [0, 0.1) is 0 Å². The number of aliphatic hydroxyl groups excluding tert-OH is 1. The summed E-state index contributed by atoms with van der Waals surface area (Å²) in [5.74, 6) is -0.499. The first-order valence-electron chi connectivity index (χ1n) is 10.0. The van der Waals surface area contributed by atoms with Crippen LogP contribution in [0.15, 0.2) is 45.8 Å². The van der Waals surface area contributed by atoms with Gasteiger partial charge in [-0.05, 0) is 31.9 Å².